The zero-order valence-corrected chi connectivity index (χ0v) is 24.2. The fourth-order valence-electron chi connectivity index (χ4n) is 2.89. The Bertz CT molecular complexity index is 1150. The fraction of sp³-hybridized carbons (Fsp3) is 0.414. The monoisotopic (exact) mass is 638 g/mol. The second-order valence-electron chi connectivity index (χ2n) is 10.8. The molecule has 2 heterocycles. The van der Waals surface area contributed by atoms with Crippen LogP contribution < -0.4 is 0 Å². The molecule has 3 aromatic rings. The summed E-state index contributed by atoms with van der Waals surface area (Å²) in [5.74, 6) is 0.610. The number of aromatic nitrogens is 2. The standard InChI is InChI=1S/C18H17N2.C11H20O2.Ir/c1-12(2)15-8-13(3)9-16(10-15)17-5-4-14-11-19-7-6-18(14)20-17;1-10(2,3)8(12)7-9(13)11(4,5)6;/h4-8,10-12H,1-3H3;7,12H,1-6H3;/q-1;;/b;8-7-;. The normalized spacial score (nSPS) is 12.1. The Morgan fingerprint density at radius 1 is 1.03 bits per heavy atom. The summed E-state index contributed by atoms with van der Waals surface area (Å²) in [6.07, 6.45) is 4.95. The number of aryl methyl sites for hydroxylation is 1. The van der Waals surface area contributed by atoms with Gasteiger partial charge in [-0.2, -0.15) is 0 Å². The van der Waals surface area contributed by atoms with E-state index in [1.54, 1.807) is 6.20 Å². The van der Waals surface area contributed by atoms with Gasteiger partial charge < -0.3 is 5.11 Å². The number of hydrogen-bond donors (Lipinski definition) is 1. The molecule has 0 saturated carbocycles. The summed E-state index contributed by atoms with van der Waals surface area (Å²) in [6, 6.07) is 13.8. The summed E-state index contributed by atoms with van der Waals surface area (Å²) in [6.45, 7) is 17.6. The van der Waals surface area contributed by atoms with Crippen LogP contribution in [-0.4, -0.2) is 20.9 Å². The second-order valence-corrected chi connectivity index (χ2v) is 10.8. The fourth-order valence-corrected chi connectivity index (χ4v) is 2.89. The van der Waals surface area contributed by atoms with Gasteiger partial charge in [0.15, 0.2) is 5.78 Å². The van der Waals surface area contributed by atoms with E-state index in [0.29, 0.717) is 5.92 Å². The molecule has 1 aromatic carbocycles. The molecule has 5 heteroatoms. The van der Waals surface area contributed by atoms with Crippen molar-refractivity contribution in [3.05, 3.63) is 71.8 Å². The second kappa shape index (κ2) is 11.9. The summed E-state index contributed by atoms with van der Waals surface area (Å²) < 4.78 is 0. The van der Waals surface area contributed by atoms with Crippen molar-refractivity contribution < 1.29 is 30.0 Å². The molecular formula is C29H37IrN2O2-. The van der Waals surface area contributed by atoms with Crippen LogP contribution in [-0.2, 0) is 24.9 Å². The number of rotatable bonds is 3. The Kier molecular flexibility index (Phi) is 10.3. The average Bonchev–Trinajstić information content (AvgIpc) is 2.72. The molecule has 0 amide bonds. The van der Waals surface area contributed by atoms with Gasteiger partial charge in [0.2, 0.25) is 0 Å². The van der Waals surface area contributed by atoms with Gasteiger partial charge in [0.1, 0.15) is 5.76 Å². The van der Waals surface area contributed by atoms with Crippen LogP contribution in [0.25, 0.3) is 22.2 Å². The van der Waals surface area contributed by atoms with Gasteiger partial charge in [-0.3, -0.25) is 14.8 Å². The van der Waals surface area contributed by atoms with Crippen molar-refractivity contribution in [3.8, 4) is 11.3 Å². The number of pyridine rings is 2. The zero-order valence-electron chi connectivity index (χ0n) is 21.8. The Hall–Kier alpha value is -2.36. The van der Waals surface area contributed by atoms with Crippen LogP contribution in [0.15, 0.2) is 54.6 Å². The Morgan fingerprint density at radius 3 is 2.24 bits per heavy atom. The number of allylic oxidation sites excluding steroid dienone is 2. The third-order valence-electron chi connectivity index (χ3n) is 5.23. The van der Waals surface area contributed by atoms with E-state index in [2.05, 4.69) is 50.0 Å². The minimum absolute atomic E-state index is 0. The molecule has 3 rings (SSSR count). The molecule has 0 atom stereocenters. The SMILES string of the molecule is CC(C)(C)C(=O)/C=C(\O)C(C)(C)C.Cc1[c-]c(-c2ccc3cnccc3n2)cc(C(C)C)c1.[Ir]. The summed E-state index contributed by atoms with van der Waals surface area (Å²) in [5.41, 5.74) is 4.72. The number of carbonyl (C=O) groups is 1. The van der Waals surface area contributed by atoms with E-state index in [9.17, 15) is 9.90 Å². The van der Waals surface area contributed by atoms with Crippen molar-refractivity contribution in [2.75, 3.05) is 0 Å². The quantitative estimate of drug-likeness (QED) is 0.182. The first-order valence-electron chi connectivity index (χ1n) is 11.4. The van der Waals surface area contributed by atoms with Crippen LogP contribution in [0.1, 0.15) is 72.4 Å². The molecular weight excluding hydrogens is 601 g/mol. The van der Waals surface area contributed by atoms with Crippen LogP contribution in [0.4, 0.5) is 0 Å². The summed E-state index contributed by atoms with van der Waals surface area (Å²) in [7, 11) is 0. The predicted octanol–water partition coefficient (Wildman–Crippen LogP) is 7.62. The van der Waals surface area contributed by atoms with Gasteiger partial charge in [-0.1, -0.05) is 74.4 Å². The zero-order chi connectivity index (χ0) is 25.0. The molecule has 0 unspecified atom stereocenters. The van der Waals surface area contributed by atoms with E-state index in [4.69, 9.17) is 4.98 Å². The maximum atomic E-state index is 11.5. The maximum absolute atomic E-state index is 11.5. The molecule has 0 spiro atoms. The number of ketones is 1. The molecule has 1 radical (unpaired) electrons. The number of fused-ring (bicyclic) bond motifs is 1. The van der Waals surface area contributed by atoms with Gasteiger partial charge in [0.05, 0.1) is 5.52 Å². The maximum Gasteiger partial charge on any atom is 0.164 e. The Morgan fingerprint density at radius 2 is 1.68 bits per heavy atom. The molecule has 34 heavy (non-hydrogen) atoms. The molecule has 2 aromatic heterocycles. The van der Waals surface area contributed by atoms with E-state index in [1.165, 1.54) is 11.6 Å². The van der Waals surface area contributed by atoms with E-state index >= 15 is 0 Å². The Balaban J connectivity index is 0.000000364. The minimum Gasteiger partial charge on any atom is -0.512 e. The molecule has 0 saturated heterocycles. The van der Waals surface area contributed by atoms with Gasteiger partial charge >= 0.3 is 0 Å². The smallest absolute Gasteiger partial charge is 0.164 e. The third-order valence-corrected chi connectivity index (χ3v) is 5.23. The predicted molar refractivity (Wildman–Crippen MR) is 137 cm³/mol. The summed E-state index contributed by atoms with van der Waals surface area (Å²) in [4.78, 5) is 20.3. The van der Waals surface area contributed by atoms with Gasteiger partial charge in [-0.05, 0) is 17.7 Å². The first kappa shape index (κ1) is 29.7. The number of aliphatic hydroxyl groups excluding tert-OH is 1. The molecule has 0 fully saturated rings. The average molecular weight is 638 g/mol. The van der Waals surface area contributed by atoms with Crippen LogP contribution in [0.3, 0.4) is 0 Å². The molecule has 0 aliphatic rings. The molecule has 0 bridgehead atoms. The van der Waals surface area contributed by atoms with Crippen molar-refractivity contribution in [1.82, 2.24) is 9.97 Å². The first-order chi connectivity index (χ1) is 15.2. The largest absolute Gasteiger partial charge is 0.512 e. The third kappa shape index (κ3) is 8.45. The van der Waals surface area contributed by atoms with E-state index in [1.807, 2.05) is 59.9 Å². The van der Waals surface area contributed by atoms with E-state index in [-0.39, 0.29) is 37.1 Å². The van der Waals surface area contributed by atoms with Crippen molar-refractivity contribution in [1.29, 1.82) is 0 Å². The van der Waals surface area contributed by atoms with Gasteiger partial charge in [-0.25, -0.2) is 0 Å². The van der Waals surface area contributed by atoms with Crippen molar-refractivity contribution in [3.63, 3.8) is 0 Å². The Labute approximate surface area is 218 Å². The number of aliphatic hydroxyl groups is 1. The number of benzene rings is 1. The molecule has 185 valence electrons. The summed E-state index contributed by atoms with van der Waals surface area (Å²) in [5, 5.41) is 10.6. The number of hydrogen-bond acceptors (Lipinski definition) is 4. The van der Waals surface area contributed by atoms with Crippen LogP contribution in [0.2, 0.25) is 0 Å². The summed E-state index contributed by atoms with van der Waals surface area (Å²) >= 11 is 0. The van der Waals surface area contributed by atoms with Crippen molar-refractivity contribution in [2.45, 2.75) is 68.2 Å². The van der Waals surface area contributed by atoms with E-state index < -0.39 is 5.41 Å². The van der Waals surface area contributed by atoms with Gasteiger partial charge in [-0.15, -0.1) is 34.9 Å². The molecule has 1 N–H and O–H groups in total. The van der Waals surface area contributed by atoms with E-state index in [0.717, 1.165) is 27.7 Å². The minimum atomic E-state index is -0.417. The van der Waals surface area contributed by atoms with Gasteiger partial charge in [0.25, 0.3) is 0 Å². The molecule has 0 aliphatic carbocycles. The first-order valence-corrected chi connectivity index (χ1v) is 11.4. The van der Waals surface area contributed by atoms with Crippen LogP contribution in [0, 0.1) is 23.8 Å². The molecule has 0 aliphatic heterocycles. The number of nitrogens with zero attached hydrogens (tertiary/aromatic N) is 2. The van der Waals surface area contributed by atoms with Gasteiger partial charge in [0, 0.05) is 54.8 Å². The van der Waals surface area contributed by atoms with Crippen LogP contribution >= 0.6 is 0 Å². The van der Waals surface area contributed by atoms with Crippen LogP contribution in [0.5, 0.6) is 0 Å². The van der Waals surface area contributed by atoms with Crippen molar-refractivity contribution >= 4 is 16.7 Å². The molecule has 4 nitrogen and oxygen atoms in total. The topological polar surface area (TPSA) is 63.1 Å². The van der Waals surface area contributed by atoms with Crippen molar-refractivity contribution in [2.24, 2.45) is 10.8 Å². The number of carbonyl (C=O) groups excluding carboxylic acids is 1.